The lowest BCUT2D eigenvalue weighted by molar-refractivity contribution is -0.116. The van der Waals surface area contributed by atoms with E-state index in [4.69, 9.17) is 4.74 Å². The Morgan fingerprint density at radius 3 is 2.88 bits per heavy atom. The number of nitrogens with one attached hydrogen (secondary N) is 1. The van der Waals surface area contributed by atoms with E-state index in [0.29, 0.717) is 43.9 Å². The molecule has 2 aromatic rings. The second-order valence-corrected chi connectivity index (χ2v) is 6.55. The molecule has 6 heteroatoms. The van der Waals surface area contributed by atoms with Crippen molar-refractivity contribution in [3.8, 4) is 0 Å². The van der Waals surface area contributed by atoms with Crippen LogP contribution in [-0.4, -0.2) is 24.1 Å². The number of amides is 1. The smallest absolute Gasteiger partial charge is 0.224 e. The van der Waals surface area contributed by atoms with Crippen LogP contribution < -0.4 is 10.2 Å². The highest BCUT2D eigenvalue weighted by molar-refractivity contribution is 5.97. The van der Waals surface area contributed by atoms with Crippen molar-refractivity contribution in [3.05, 3.63) is 47.7 Å². The van der Waals surface area contributed by atoms with Crippen molar-refractivity contribution in [2.45, 2.75) is 32.0 Å². The zero-order valence-corrected chi connectivity index (χ0v) is 14.1. The summed E-state index contributed by atoms with van der Waals surface area (Å²) >= 11 is 0. The highest BCUT2D eigenvalue weighted by Gasteiger charge is 2.35. The molecule has 0 radical (unpaired) electrons. The Labute approximate surface area is 145 Å². The highest BCUT2D eigenvalue weighted by Crippen LogP contribution is 2.42. The average Bonchev–Trinajstić information content (AvgIpc) is 2.78. The summed E-state index contributed by atoms with van der Waals surface area (Å²) in [6, 6.07) is 9.21. The molecule has 1 amide bonds. The summed E-state index contributed by atoms with van der Waals surface area (Å²) in [6.07, 6.45) is 2.38. The van der Waals surface area contributed by atoms with E-state index < -0.39 is 5.67 Å². The summed E-state index contributed by atoms with van der Waals surface area (Å²) in [5.41, 5.74) is 1.56. The fourth-order valence-electron chi connectivity index (χ4n) is 3.47. The van der Waals surface area contributed by atoms with Gasteiger partial charge in [0.1, 0.15) is 11.5 Å². The van der Waals surface area contributed by atoms with Gasteiger partial charge in [0.2, 0.25) is 5.91 Å². The Balaban J connectivity index is 1.80. The molecule has 4 rings (SSSR count). The third-order valence-corrected chi connectivity index (χ3v) is 4.94. The van der Waals surface area contributed by atoms with Crippen LogP contribution in [0.1, 0.15) is 30.9 Å². The summed E-state index contributed by atoms with van der Waals surface area (Å²) in [5.74, 6) is 0.637. The first kappa shape index (κ1) is 16.0. The van der Waals surface area contributed by atoms with E-state index in [0.717, 1.165) is 17.1 Å². The van der Waals surface area contributed by atoms with Gasteiger partial charge < -0.3 is 15.0 Å². The number of rotatable bonds is 1. The van der Waals surface area contributed by atoms with E-state index in [1.165, 1.54) is 6.92 Å². The Kier molecular flexibility index (Phi) is 3.92. The van der Waals surface area contributed by atoms with Crippen molar-refractivity contribution >= 4 is 23.1 Å². The van der Waals surface area contributed by atoms with E-state index in [1.807, 2.05) is 18.2 Å². The van der Waals surface area contributed by atoms with Crippen LogP contribution in [-0.2, 0) is 21.7 Å². The summed E-state index contributed by atoms with van der Waals surface area (Å²) in [4.78, 5) is 18.3. The summed E-state index contributed by atoms with van der Waals surface area (Å²) in [7, 11) is 0. The van der Waals surface area contributed by atoms with Crippen molar-refractivity contribution in [1.82, 2.24) is 4.98 Å². The molecule has 0 bridgehead atoms. The molecule has 3 heterocycles. The van der Waals surface area contributed by atoms with Crippen molar-refractivity contribution in [3.63, 3.8) is 0 Å². The van der Waals surface area contributed by atoms with Crippen LogP contribution in [0.5, 0.6) is 0 Å². The molecule has 1 N–H and O–H groups in total. The number of nitrogens with zero attached hydrogens (tertiary/aromatic N) is 2. The number of anilines is 3. The SMILES string of the molecule is CC(=O)N1Cc2cccnc2Nc2ccc(C3(F)CCOCC3)cc21. The molecule has 1 aromatic carbocycles. The first-order valence-electron chi connectivity index (χ1n) is 8.47. The normalized spacial score (nSPS) is 18.6. The second kappa shape index (κ2) is 6.11. The molecule has 1 aromatic heterocycles. The number of aromatic nitrogens is 1. The minimum atomic E-state index is -1.41. The monoisotopic (exact) mass is 341 g/mol. The first-order chi connectivity index (χ1) is 12.1. The Bertz CT molecular complexity index is 818. The molecule has 0 atom stereocenters. The van der Waals surface area contributed by atoms with E-state index in [-0.39, 0.29) is 5.91 Å². The van der Waals surface area contributed by atoms with Gasteiger partial charge in [0, 0.05) is 44.7 Å². The van der Waals surface area contributed by atoms with Gasteiger partial charge in [-0.1, -0.05) is 12.1 Å². The van der Waals surface area contributed by atoms with Crippen LogP contribution in [0.25, 0.3) is 0 Å². The van der Waals surface area contributed by atoms with E-state index in [1.54, 1.807) is 23.2 Å². The topological polar surface area (TPSA) is 54.5 Å². The molecule has 25 heavy (non-hydrogen) atoms. The number of pyridine rings is 1. The highest BCUT2D eigenvalue weighted by atomic mass is 19.1. The lowest BCUT2D eigenvalue weighted by atomic mass is 9.87. The van der Waals surface area contributed by atoms with Gasteiger partial charge in [0.05, 0.1) is 17.9 Å². The third kappa shape index (κ3) is 2.87. The Hall–Kier alpha value is -2.47. The number of carbonyl (C=O) groups is 1. The van der Waals surface area contributed by atoms with Crippen LogP contribution >= 0.6 is 0 Å². The predicted octanol–water partition coefficient (Wildman–Crippen LogP) is 3.67. The minimum Gasteiger partial charge on any atom is -0.381 e. The van der Waals surface area contributed by atoms with Gasteiger partial charge in [0.25, 0.3) is 0 Å². The quantitative estimate of drug-likeness (QED) is 0.860. The number of halogens is 1. The third-order valence-electron chi connectivity index (χ3n) is 4.94. The van der Waals surface area contributed by atoms with Gasteiger partial charge in [-0.3, -0.25) is 4.79 Å². The lowest BCUT2D eigenvalue weighted by Gasteiger charge is -2.31. The standard InChI is InChI=1S/C19H20FN3O2/c1-13(24)23-12-14-3-2-8-21-18(14)22-16-5-4-15(11-17(16)23)19(20)6-9-25-10-7-19/h2-5,8,11H,6-7,9-10,12H2,1H3,(H,21,22). The number of hydrogen-bond acceptors (Lipinski definition) is 4. The maximum Gasteiger partial charge on any atom is 0.224 e. The largest absolute Gasteiger partial charge is 0.381 e. The second-order valence-electron chi connectivity index (χ2n) is 6.55. The lowest BCUT2D eigenvalue weighted by Crippen LogP contribution is -2.31. The number of alkyl halides is 1. The molecule has 1 saturated heterocycles. The number of carbonyl (C=O) groups excluding carboxylic acids is 1. The Morgan fingerprint density at radius 2 is 2.12 bits per heavy atom. The molecule has 2 aliphatic heterocycles. The number of benzene rings is 1. The molecule has 130 valence electrons. The fraction of sp³-hybridized carbons (Fsp3) is 0.368. The van der Waals surface area contributed by atoms with Gasteiger partial charge >= 0.3 is 0 Å². The summed E-state index contributed by atoms with van der Waals surface area (Å²) < 4.78 is 20.6. The zero-order valence-electron chi connectivity index (χ0n) is 14.1. The number of fused-ring (bicyclic) bond motifs is 2. The van der Waals surface area contributed by atoms with Crippen molar-refractivity contribution in [2.24, 2.45) is 0 Å². The molecule has 5 nitrogen and oxygen atoms in total. The Morgan fingerprint density at radius 1 is 1.32 bits per heavy atom. The summed E-state index contributed by atoms with van der Waals surface area (Å²) in [6.45, 7) is 2.76. The molecule has 0 spiro atoms. The van der Waals surface area contributed by atoms with Gasteiger partial charge in [0.15, 0.2) is 0 Å². The maximum atomic E-state index is 15.4. The number of ether oxygens (including phenoxy) is 1. The van der Waals surface area contributed by atoms with Crippen molar-refractivity contribution < 1.29 is 13.9 Å². The molecule has 1 fully saturated rings. The zero-order chi connectivity index (χ0) is 17.4. The van der Waals surface area contributed by atoms with E-state index >= 15 is 4.39 Å². The predicted molar refractivity (Wildman–Crippen MR) is 93.7 cm³/mol. The molecule has 2 aliphatic rings. The van der Waals surface area contributed by atoms with Crippen LogP contribution in [0.15, 0.2) is 36.5 Å². The van der Waals surface area contributed by atoms with Crippen LogP contribution in [0.2, 0.25) is 0 Å². The molecular weight excluding hydrogens is 321 g/mol. The van der Waals surface area contributed by atoms with Gasteiger partial charge in [-0.25, -0.2) is 9.37 Å². The van der Waals surface area contributed by atoms with Crippen LogP contribution in [0.3, 0.4) is 0 Å². The average molecular weight is 341 g/mol. The first-order valence-corrected chi connectivity index (χ1v) is 8.47. The molecule has 0 saturated carbocycles. The summed E-state index contributed by atoms with van der Waals surface area (Å²) in [5, 5.41) is 3.28. The van der Waals surface area contributed by atoms with Crippen molar-refractivity contribution in [2.75, 3.05) is 23.4 Å². The molecule has 0 unspecified atom stereocenters. The van der Waals surface area contributed by atoms with E-state index in [9.17, 15) is 4.79 Å². The molecular formula is C19H20FN3O2. The van der Waals surface area contributed by atoms with Crippen LogP contribution in [0.4, 0.5) is 21.6 Å². The minimum absolute atomic E-state index is 0.0863. The van der Waals surface area contributed by atoms with Crippen molar-refractivity contribution in [1.29, 1.82) is 0 Å². The fourth-order valence-corrected chi connectivity index (χ4v) is 3.47. The van der Waals surface area contributed by atoms with Gasteiger partial charge in [-0.05, 0) is 23.8 Å². The number of hydrogen-bond donors (Lipinski definition) is 1. The molecule has 0 aliphatic carbocycles. The van der Waals surface area contributed by atoms with Gasteiger partial charge in [-0.15, -0.1) is 0 Å². The van der Waals surface area contributed by atoms with E-state index in [2.05, 4.69) is 10.3 Å². The van der Waals surface area contributed by atoms with Crippen LogP contribution in [0, 0.1) is 0 Å². The maximum absolute atomic E-state index is 15.4. The van der Waals surface area contributed by atoms with Gasteiger partial charge in [-0.2, -0.15) is 0 Å².